The maximum absolute atomic E-state index is 11.0. The van der Waals surface area contributed by atoms with Crippen LogP contribution in [0.25, 0.3) is 0 Å². The first-order valence-electron chi connectivity index (χ1n) is 6.16. The van der Waals surface area contributed by atoms with Gasteiger partial charge in [0.05, 0.1) is 0 Å². The van der Waals surface area contributed by atoms with Crippen molar-refractivity contribution in [2.75, 3.05) is 0 Å². The van der Waals surface area contributed by atoms with Crippen LogP contribution in [0.3, 0.4) is 0 Å². The molecule has 5 heteroatoms. The molecule has 0 amide bonds. The molecule has 1 N–H and O–H groups in total. The zero-order valence-corrected chi connectivity index (χ0v) is 10.3. The molecule has 0 radical (unpaired) electrons. The van der Waals surface area contributed by atoms with E-state index in [1.165, 1.54) is 13.8 Å². The van der Waals surface area contributed by atoms with Crippen molar-refractivity contribution in [1.82, 2.24) is 5.32 Å². The molecular formula is C12H19NO4. The lowest BCUT2D eigenvalue weighted by Gasteiger charge is -2.44. The summed E-state index contributed by atoms with van der Waals surface area (Å²) >= 11 is 0. The maximum Gasteiger partial charge on any atom is 0.302 e. The van der Waals surface area contributed by atoms with Gasteiger partial charge in [0.25, 0.3) is 0 Å². The highest BCUT2D eigenvalue weighted by atomic mass is 16.5. The summed E-state index contributed by atoms with van der Waals surface area (Å²) < 4.78 is 10.6. The van der Waals surface area contributed by atoms with Crippen LogP contribution in [0.15, 0.2) is 0 Å². The van der Waals surface area contributed by atoms with E-state index in [2.05, 4.69) is 5.32 Å². The first-order chi connectivity index (χ1) is 8.06. The van der Waals surface area contributed by atoms with E-state index in [0.717, 1.165) is 25.7 Å². The molecule has 0 saturated carbocycles. The molecule has 2 aliphatic rings. The second kappa shape index (κ2) is 5.04. The van der Waals surface area contributed by atoms with Crippen LogP contribution in [0.1, 0.15) is 39.5 Å². The molecule has 5 nitrogen and oxygen atoms in total. The molecule has 4 atom stereocenters. The van der Waals surface area contributed by atoms with Gasteiger partial charge < -0.3 is 14.8 Å². The summed E-state index contributed by atoms with van der Waals surface area (Å²) in [5, 5.41) is 3.41. The van der Waals surface area contributed by atoms with E-state index in [-0.39, 0.29) is 36.2 Å². The molecule has 2 heterocycles. The lowest BCUT2D eigenvalue weighted by molar-refractivity contribution is -0.156. The zero-order valence-electron chi connectivity index (χ0n) is 10.3. The molecule has 0 aliphatic carbocycles. The van der Waals surface area contributed by atoms with Gasteiger partial charge in [0.2, 0.25) is 0 Å². The van der Waals surface area contributed by atoms with Crippen LogP contribution in [-0.2, 0) is 19.1 Å². The van der Waals surface area contributed by atoms with Gasteiger partial charge in [0.1, 0.15) is 12.2 Å². The standard InChI is InChI=1S/C12H19NO4/c1-7(14)16-11-5-3-10-12(17-8(2)15)6-4-9(11)13-10/h9-13H,3-6H2,1-2H3. The molecule has 2 saturated heterocycles. The van der Waals surface area contributed by atoms with Crippen molar-refractivity contribution in [2.24, 2.45) is 0 Å². The highest BCUT2D eigenvalue weighted by Gasteiger charge is 2.40. The van der Waals surface area contributed by atoms with Gasteiger partial charge in [-0.3, -0.25) is 9.59 Å². The fourth-order valence-electron chi connectivity index (χ4n) is 2.83. The Morgan fingerprint density at radius 3 is 1.65 bits per heavy atom. The van der Waals surface area contributed by atoms with Crippen molar-refractivity contribution in [3.05, 3.63) is 0 Å². The summed E-state index contributed by atoms with van der Waals surface area (Å²) in [7, 11) is 0. The summed E-state index contributed by atoms with van der Waals surface area (Å²) in [5.74, 6) is -0.449. The van der Waals surface area contributed by atoms with Crippen LogP contribution in [0.5, 0.6) is 0 Å². The number of hydrogen-bond acceptors (Lipinski definition) is 5. The molecule has 2 fully saturated rings. The highest BCUT2D eigenvalue weighted by Crippen LogP contribution is 2.29. The second-order valence-corrected chi connectivity index (χ2v) is 4.83. The fourth-order valence-corrected chi connectivity index (χ4v) is 2.83. The molecule has 0 aromatic heterocycles. The predicted octanol–water partition coefficient (Wildman–Crippen LogP) is 0.764. The average Bonchev–Trinajstić information content (AvgIpc) is 2.24. The Labute approximate surface area is 101 Å². The van der Waals surface area contributed by atoms with Crippen LogP contribution < -0.4 is 5.32 Å². The number of hydrogen-bond donors (Lipinski definition) is 1. The minimum atomic E-state index is -0.225. The van der Waals surface area contributed by atoms with Crippen molar-refractivity contribution < 1.29 is 19.1 Å². The molecule has 96 valence electrons. The Morgan fingerprint density at radius 2 is 1.29 bits per heavy atom. The molecule has 0 aromatic rings. The zero-order chi connectivity index (χ0) is 12.4. The average molecular weight is 241 g/mol. The summed E-state index contributed by atoms with van der Waals surface area (Å²) in [6.07, 6.45) is 3.40. The van der Waals surface area contributed by atoms with E-state index in [1.807, 2.05) is 0 Å². The van der Waals surface area contributed by atoms with Crippen molar-refractivity contribution >= 4 is 11.9 Å². The molecule has 2 bridgehead atoms. The molecule has 2 rings (SSSR count). The normalized spacial score (nSPS) is 36.1. The van der Waals surface area contributed by atoms with Gasteiger partial charge in [-0.25, -0.2) is 0 Å². The minimum Gasteiger partial charge on any atom is -0.461 e. The van der Waals surface area contributed by atoms with Gasteiger partial charge in [-0.1, -0.05) is 0 Å². The molecule has 0 aromatic carbocycles. The monoisotopic (exact) mass is 241 g/mol. The maximum atomic E-state index is 11.0. The number of ether oxygens (including phenoxy) is 2. The van der Waals surface area contributed by atoms with Crippen molar-refractivity contribution in [3.63, 3.8) is 0 Å². The summed E-state index contributed by atoms with van der Waals surface area (Å²) in [6, 6.07) is 0.425. The molecule has 0 spiro atoms. The number of carbonyl (C=O) groups excluding carboxylic acids is 2. The van der Waals surface area contributed by atoms with Crippen LogP contribution in [0.2, 0.25) is 0 Å². The van der Waals surface area contributed by atoms with Crippen molar-refractivity contribution in [2.45, 2.75) is 63.8 Å². The quantitative estimate of drug-likeness (QED) is 0.723. The lowest BCUT2D eigenvalue weighted by Crippen LogP contribution is -2.60. The van der Waals surface area contributed by atoms with Crippen LogP contribution in [-0.4, -0.2) is 36.2 Å². The third kappa shape index (κ3) is 2.97. The third-order valence-corrected chi connectivity index (χ3v) is 3.48. The minimum absolute atomic E-state index is 0.0259. The van der Waals surface area contributed by atoms with Crippen molar-refractivity contribution in [3.8, 4) is 0 Å². The predicted molar refractivity (Wildman–Crippen MR) is 60.3 cm³/mol. The largest absolute Gasteiger partial charge is 0.461 e. The van der Waals surface area contributed by atoms with Gasteiger partial charge in [0.15, 0.2) is 0 Å². The number of rotatable bonds is 2. The van der Waals surface area contributed by atoms with Gasteiger partial charge in [-0.2, -0.15) is 0 Å². The Hall–Kier alpha value is -1.10. The van der Waals surface area contributed by atoms with E-state index < -0.39 is 0 Å². The molecule has 2 aliphatic heterocycles. The van der Waals surface area contributed by atoms with Crippen LogP contribution in [0, 0.1) is 0 Å². The van der Waals surface area contributed by atoms with E-state index in [4.69, 9.17) is 9.47 Å². The number of fused-ring (bicyclic) bond motifs is 2. The topological polar surface area (TPSA) is 64.6 Å². The fraction of sp³-hybridized carbons (Fsp3) is 0.833. The SMILES string of the molecule is CC(=O)OC1CCC2NC1CCC2OC(C)=O. The molecule has 4 unspecified atom stereocenters. The summed E-state index contributed by atoms with van der Waals surface area (Å²) in [6.45, 7) is 2.88. The number of piperidine rings is 2. The van der Waals surface area contributed by atoms with E-state index in [0.29, 0.717) is 0 Å². The van der Waals surface area contributed by atoms with Crippen LogP contribution >= 0.6 is 0 Å². The Balaban J connectivity index is 1.91. The van der Waals surface area contributed by atoms with E-state index in [9.17, 15) is 9.59 Å². The summed E-state index contributed by atoms with van der Waals surface area (Å²) in [5.41, 5.74) is 0. The van der Waals surface area contributed by atoms with Gasteiger partial charge >= 0.3 is 11.9 Å². The lowest BCUT2D eigenvalue weighted by atomic mass is 9.83. The third-order valence-electron chi connectivity index (χ3n) is 3.48. The van der Waals surface area contributed by atoms with Gasteiger partial charge in [0, 0.05) is 25.9 Å². The Morgan fingerprint density at radius 1 is 0.882 bits per heavy atom. The van der Waals surface area contributed by atoms with Gasteiger partial charge in [-0.15, -0.1) is 0 Å². The highest BCUT2D eigenvalue weighted by molar-refractivity contribution is 5.66. The number of carbonyl (C=O) groups is 2. The van der Waals surface area contributed by atoms with Crippen LogP contribution in [0.4, 0.5) is 0 Å². The molecular weight excluding hydrogens is 222 g/mol. The number of esters is 2. The summed E-state index contributed by atoms with van der Waals surface area (Å²) in [4.78, 5) is 21.9. The molecule has 17 heavy (non-hydrogen) atoms. The Kier molecular flexibility index (Phi) is 3.66. The van der Waals surface area contributed by atoms with E-state index >= 15 is 0 Å². The second-order valence-electron chi connectivity index (χ2n) is 4.83. The van der Waals surface area contributed by atoms with Crippen molar-refractivity contribution in [1.29, 1.82) is 0 Å². The number of nitrogens with one attached hydrogen (secondary N) is 1. The smallest absolute Gasteiger partial charge is 0.302 e. The first kappa shape index (κ1) is 12.4. The van der Waals surface area contributed by atoms with E-state index in [1.54, 1.807) is 0 Å². The first-order valence-corrected chi connectivity index (χ1v) is 6.16. The Bertz CT molecular complexity index is 288. The van der Waals surface area contributed by atoms with Gasteiger partial charge in [-0.05, 0) is 25.7 Å².